The van der Waals surface area contributed by atoms with Crippen LogP contribution in [-0.4, -0.2) is 42.0 Å². The quantitative estimate of drug-likeness (QED) is 0.863. The molecule has 0 spiro atoms. The van der Waals surface area contributed by atoms with Gasteiger partial charge in [0.05, 0.1) is 18.2 Å². The average molecular weight is 396 g/mol. The molecule has 1 atom stereocenters. The Morgan fingerprint density at radius 1 is 1.52 bits per heavy atom. The Bertz CT molecular complexity index is 691. The number of benzene rings is 1. The van der Waals surface area contributed by atoms with E-state index in [1.165, 1.54) is 11.3 Å². The molecule has 122 valence electrons. The molecule has 1 amide bonds. The van der Waals surface area contributed by atoms with E-state index >= 15 is 0 Å². The number of aromatic nitrogens is 1. The van der Waals surface area contributed by atoms with Crippen molar-refractivity contribution in [3.05, 3.63) is 50.4 Å². The molecular weight excluding hydrogens is 378 g/mol. The molecule has 7 heteroatoms. The zero-order valence-corrected chi connectivity index (χ0v) is 15.0. The normalized spacial score (nSPS) is 18.2. The fourth-order valence-electron chi connectivity index (χ4n) is 2.55. The van der Waals surface area contributed by atoms with Crippen LogP contribution in [0.15, 0.2) is 34.1 Å². The summed E-state index contributed by atoms with van der Waals surface area (Å²) in [6.45, 7) is 2.21. The van der Waals surface area contributed by atoms with Gasteiger partial charge in [-0.2, -0.15) is 0 Å². The van der Waals surface area contributed by atoms with Crippen LogP contribution in [0.2, 0.25) is 0 Å². The number of ether oxygens (including phenoxy) is 1. The van der Waals surface area contributed by atoms with E-state index in [0.29, 0.717) is 38.4 Å². The van der Waals surface area contributed by atoms with Gasteiger partial charge < -0.3 is 15.4 Å². The van der Waals surface area contributed by atoms with Gasteiger partial charge in [-0.05, 0) is 24.2 Å². The molecule has 0 radical (unpaired) electrons. The number of amides is 1. The van der Waals surface area contributed by atoms with Crippen molar-refractivity contribution in [1.29, 1.82) is 0 Å². The van der Waals surface area contributed by atoms with Gasteiger partial charge in [0.1, 0.15) is 11.8 Å². The molecule has 1 aliphatic rings. The summed E-state index contributed by atoms with van der Waals surface area (Å²) in [6, 6.07) is 8.00. The Hall–Kier alpha value is -1.28. The Labute approximate surface area is 147 Å². The van der Waals surface area contributed by atoms with Gasteiger partial charge in [0, 0.05) is 22.8 Å². The average Bonchev–Trinajstić information content (AvgIpc) is 3.03. The lowest BCUT2D eigenvalue weighted by molar-refractivity contribution is -0.0230. The maximum Gasteiger partial charge on any atom is 0.273 e. The number of nitrogens with two attached hydrogens (primary N) is 1. The predicted molar refractivity (Wildman–Crippen MR) is 93.6 cm³/mol. The summed E-state index contributed by atoms with van der Waals surface area (Å²) in [5.74, 6) is -0.0344. The highest BCUT2D eigenvalue weighted by molar-refractivity contribution is 9.10. The van der Waals surface area contributed by atoms with Gasteiger partial charge in [-0.15, -0.1) is 11.3 Å². The Morgan fingerprint density at radius 3 is 3.17 bits per heavy atom. The lowest BCUT2D eigenvalue weighted by Crippen LogP contribution is -2.42. The molecule has 1 aliphatic heterocycles. The van der Waals surface area contributed by atoms with Crippen molar-refractivity contribution in [3.63, 3.8) is 0 Å². The number of hydrogen-bond donors (Lipinski definition) is 1. The number of thiazole rings is 1. The van der Waals surface area contributed by atoms with Crippen LogP contribution in [0.3, 0.4) is 0 Å². The smallest absolute Gasteiger partial charge is 0.273 e. The van der Waals surface area contributed by atoms with E-state index in [-0.39, 0.29) is 12.0 Å². The first-order valence-corrected chi connectivity index (χ1v) is 9.15. The van der Waals surface area contributed by atoms with Crippen molar-refractivity contribution in [2.45, 2.75) is 12.5 Å². The van der Waals surface area contributed by atoms with Crippen molar-refractivity contribution < 1.29 is 9.53 Å². The lowest BCUT2D eigenvalue weighted by atomic mass is 10.1. The van der Waals surface area contributed by atoms with Crippen molar-refractivity contribution in [1.82, 2.24) is 9.88 Å². The first-order valence-electron chi connectivity index (χ1n) is 7.48. The molecule has 5 nitrogen and oxygen atoms in total. The SMILES string of the molecule is NCCc1nc(C(=O)N2CCOC(c3cccc(Br)c3)C2)cs1. The van der Waals surface area contributed by atoms with Crippen LogP contribution in [0, 0.1) is 0 Å². The molecule has 3 rings (SSSR count). The first kappa shape index (κ1) is 16.6. The Kier molecular flexibility index (Phi) is 5.42. The van der Waals surface area contributed by atoms with Gasteiger partial charge in [-0.3, -0.25) is 4.79 Å². The highest BCUT2D eigenvalue weighted by Gasteiger charge is 2.27. The topological polar surface area (TPSA) is 68.5 Å². The molecule has 1 aromatic carbocycles. The van der Waals surface area contributed by atoms with Crippen molar-refractivity contribution in [3.8, 4) is 0 Å². The summed E-state index contributed by atoms with van der Waals surface area (Å²) in [6.07, 6.45) is 0.606. The summed E-state index contributed by atoms with van der Waals surface area (Å²) in [7, 11) is 0. The molecule has 23 heavy (non-hydrogen) atoms. The third-order valence-electron chi connectivity index (χ3n) is 3.70. The van der Waals surface area contributed by atoms with E-state index in [1.54, 1.807) is 0 Å². The number of rotatable bonds is 4. The summed E-state index contributed by atoms with van der Waals surface area (Å²) < 4.78 is 6.84. The van der Waals surface area contributed by atoms with Crippen LogP contribution in [0.1, 0.15) is 27.2 Å². The van der Waals surface area contributed by atoms with E-state index in [0.717, 1.165) is 15.0 Å². The van der Waals surface area contributed by atoms with Crippen molar-refractivity contribution >= 4 is 33.2 Å². The van der Waals surface area contributed by atoms with Crippen LogP contribution in [0.5, 0.6) is 0 Å². The minimum Gasteiger partial charge on any atom is -0.370 e. The van der Waals surface area contributed by atoms with Gasteiger partial charge in [0.15, 0.2) is 0 Å². The van der Waals surface area contributed by atoms with Gasteiger partial charge in [0.25, 0.3) is 5.91 Å². The summed E-state index contributed by atoms with van der Waals surface area (Å²) in [4.78, 5) is 18.8. The zero-order valence-electron chi connectivity index (χ0n) is 12.6. The molecule has 2 heterocycles. The van der Waals surface area contributed by atoms with E-state index in [1.807, 2.05) is 34.5 Å². The molecule has 2 aromatic rings. The lowest BCUT2D eigenvalue weighted by Gasteiger charge is -2.32. The second kappa shape index (κ2) is 7.53. The number of hydrogen-bond acceptors (Lipinski definition) is 5. The monoisotopic (exact) mass is 395 g/mol. The summed E-state index contributed by atoms with van der Waals surface area (Å²) >= 11 is 4.96. The van der Waals surface area contributed by atoms with Crippen molar-refractivity contribution in [2.24, 2.45) is 5.73 Å². The maximum atomic E-state index is 12.6. The minimum absolute atomic E-state index is 0.0344. The fourth-order valence-corrected chi connectivity index (χ4v) is 3.76. The molecule has 0 aliphatic carbocycles. The van der Waals surface area contributed by atoms with Gasteiger partial charge >= 0.3 is 0 Å². The first-order chi connectivity index (χ1) is 11.2. The Balaban J connectivity index is 1.71. The van der Waals surface area contributed by atoms with E-state index < -0.39 is 0 Å². The predicted octanol–water partition coefficient (Wildman–Crippen LogP) is 2.62. The van der Waals surface area contributed by atoms with Crippen LogP contribution < -0.4 is 5.73 Å². The summed E-state index contributed by atoms with van der Waals surface area (Å²) in [5, 5.41) is 2.73. The van der Waals surface area contributed by atoms with Gasteiger partial charge in [-0.1, -0.05) is 28.1 Å². The molecule has 0 bridgehead atoms. The zero-order chi connectivity index (χ0) is 16.2. The van der Waals surface area contributed by atoms with Gasteiger partial charge in [-0.25, -0.2) is 4.98 Å². The van der Waals surface area contributed by atoms with Gasteiger partial charge in [0.2, 0.25) is 0 Å². The van der Waals surface area contributed by atoms with Crippen LogP contribution in [-0.2, 0) is 11.2 Å². The highest BCUT2D eigenvalue weighted by Crippen LogP contribution is 2.25. The minimum atomic E-state index is -0.104. The number of nitrogens with zero attached hydrogens (tertiary/aromatic N) is 2. The second-order valence-electron chi connectivity index (χ2n) is 5.33. The van der Waals surface area contributed by atoms with Crippen molar-refractivity contribution in [2.75, 3.05) is 26.2 Å². The van der Waals surface area contributed by atoms with Crippen LogP contribution in [0.25, 0.3) is 0 Å². The van der Waals surface area contributed by atoms with Crippen LogP contribution >= 0.6 is 27.3 Å². The molecule has 1 unspecified atom stereocenters. The fraction of sp³-hybridized carbons (Fsp3) is 0.375. The van der Waals surface area contributed by atoms with E-state index in [4.69, 9.17) is 10.5 Å². The third-order valence-corrected chi connectivity index (χ3v) is 5.11. The molecule has 1 fully saturated rings. The number of halogens is 1. The Morgan fingerprint density at radius 2 is 2.39 bits per heavy atom. The number of carbonyl (C=O) groups excluding carboxylic acids is 1. The number of morpholine rings is 1. The number of carbonyl (C=O) groups is 1. The van der Waals surface area contributed by atoms with E-state index in [2.05, 4.69) is 20.9 Å². The molecular formula is C16H18BrN3O2S. The van der Waals surface area contributed by atoms with E-state index in [9.17, 15) is 4.79 Å². The molecule has 1 aromatic heterocycles. The second-order valence-corrected chi connectivity index (χ2v) is 7.19. The largest absolute Gasteiger partial charge is 0.370 e. The highest BCUT2D eigenvalue weighted by atomic mass is 79.9. The molecule has 0 saturated carbocycles. The molecule has 2 N–H and O–H groups in total. The molecule has 1 saturated heterocycles. The summed E-state index contributed by atoms with van der Waals surface area (Å²) in [5.41, 5.74) is 7.11. The van der Waals surface area contributed by atoms with Crippen LogP contribution in [0.4, 0.5) is 0 Å². The third kappa shape index (κ3) is 3.98. The standard InChI is InChI=1S/C16H18BrN3O2S/c17-12-3-1-2-11(8-12)14-9-20(6-7-22-14)16(21)13-10-23-15(19-13)4-5-18/h1-3,8,10,14H,4-7,9,18H2. The maximum absolute atomic E-state index is 12.6.